The predicted octanol–water partition coefficient (Wildman–Crippen LogP) is 2.62. The van der Waals surface area contributed by atoms with Crippen molar-refractivity contribution in [3.63, 3.8) is 0 Å². The molecule has 0 aliphatic rings. The van der Waals surface area contributed by atoms with Gasteiger partial charge in [-0.05, 0) is 40.0 Å². The molecule has 0 atom stereocenters. The van der Waals surface area contributed by atoms with Gasteiger partial charge in [0.1, 0.15) is 5.75 Å². The highest BCUT2D eigenvalue weighted by Gasteiger charge is 2.14. The molecule has 0 radical (unpaired) electrons. The second-order valence-electron chi connectivity index (χ2n) is 5.01. The Morgan fingerprint density at radius 2 is 2.00 bits per heavy atom. The number of nitrogens with zero attached hydrogens (tertiary/aromatic N) is 1. The minimum atomic E-state index is 0.0705. The topological polar surface area (TPSA) is 38.8 Å². The molecule has 1 aromatic rings. The number of Topliss-reactive ketones (excluding diaryl/α,β-unsaturated/α-hetero) is 1. The van der Waals surface area contributed by atoms with Crippen molar-refractivity contribution in [2.75, 3.05) is 33.4 Å². The summed E-state index contributed by atoms with van der Waals surface area (Å²) in [7, 11) is 1.92. The number of ketones is 1. The fourth-order valence-electron chi connectivity index (χ4n) is 1.83. The van der Waals surface area contributed by atoms with Crippen molar-refractivity contribution in [3.8, 4) is 5.75 Å². The van der Waals surface area contributed by atoms with Gasteiger partial charge in [-0.3, -0.25) is 9.69 Å². The molecule has 1 aromatic carbocycles. The largest absolute Gasteiger partial charge is 0.493 e. The Morgan fingerprint density at radius 3 is 2.65 bits per heavy atom. The highest BCUT2D eigenvalue weighted by molar-refractivity contribution is 6.00. The summed E-state index contributed by atoms with van der Waals surface area (Å²) in [6.07, 6.45) is 0.220. The zero-order valence-corrected chi connectivity index (χ0v) is 12.9. The highest BCUT2D eigenvalue weighted by Crippen LogP contribution is 2.18. The number of ether oxygens (including phenoxy) is 2. The minimum absolute atomic E-state index is 0.0705. The first-order chi connectivity index (χ1) is 9.54. The van der Waals surface area contributed by atoms with Crippen LogP contribution in [0, 0.1) is 0 Å². The summed E-state index contributed by atoms with van der Waals surface area (Å²) < 4.78 is 11.0. The van der Waals surface area contributed by atoms with Crippen molar-refractivity contribution in [2.45, 2.75) is 26.9 Å². The normalized spacial score (nSPS) is 11.1. The quantitative estimate of drug-likeness (QED) is 0.651. The van der Waals surface area contributed by atoms with Crippen LogP contribution in [0.25, 0.3) is 0 Å². The van der Waals surface area contributed by atoms with Crippen molar-refractivity contribution in [2.24, 2.45) is 0 Å². The summed E-state index contributed by atoms with van der Waals surface area (Å²) in [5, 5.41) is 0. The molecule has 0 unspecified atom stereocenters. The van der Waals surface area contributed by atoms with Gasteiger partial charge in [0.25, 0.3) is 0 Å². The number of carbonyl (C=O) groups excluding carboxylic acids is 1. The van der Waals surface area contributed by atoms with Gasteiger partial charge in [-0.1, -0.05) is 12.1 Å². The molecule has 1 rings (SSSR count). The van der Waals surface area contributed by atoms with E-state index in [0.717, 1.165) is 6.54 Å². The second kappa shape index (κ2) is 8.72. The third-order valence-electron chi connectivity index (χ3n) is 2.83. The maximum Gasteiger partial charge on any atom is 0.180 e. The molecule has 0 spiro atoms. The van der Waals surface area contributed by atoms with Gasteiger partial charge >= 0.3 is 0 Å². The van der Waals surface area contributed by atoms with Crippen LogP contribution in [0.15, 0.2) is 24.3 Å². The molecule has 0 amide bonds. The van der Waals surface area contributed by atoms with Gasteiger partial charge in [0.2, 0.25) is 0 Å². The van der Waals surface area contributed by atoms with Crippen molar-refractivity contribution in [3.05, 3.63) is 29.8 Å². The van der Waals surface area contributed by atoms with E-state index in [4.69, 9.17) is 9.47 Å². The van der Waals surface area contributed by atoms with Crippen LogP contribution in [-0.2, 0) is 4.74 Å². The van der Waals surface area contributed by atoms with E-state index in [1.165, 1.54) is 0 Å². The van der Waals surface area contributed by atoms with Crippen LogP contribution in [0.2, 0.25) is 0 Å². The minimum Gasteiger partial charge on any atom is -0.493 e. The average Bonchev–Trinajstić information content (AvgIpc) is 2.39. The van der Waals surface area contributed by atoms with E-state index in [0.29, 0.717) is 31.1 Å². The SMILES string of the molecule is CCOc1ccccc1C(=O)CN(C)CCOC(C)C. The summed E-state index contributed by atoms with van der Waals surface area (Å²) in [6.45, 7) is 8.22. The molecule has 20 heavy (non-hydrogen) atoms. The Labute approximate surface area is 121 Å². The molecule has 0 aromatic heterocycles. The molecule has 112 valence electrons. The van der Waals surface area contributed by atoms with E-state index in [1.54, 1.807) is 0 Å². The van der Waals surface area contributed by atoms with Gasteiger partial charge < -0.3 is 9.47 Å². The third kappa shape index (κ3) is 5.72. The van der Waals surface area contributed by atoms with Gasteiger partial charge in [0.05, 0.1) is 31.4 Å². The Balaban J connectivity index is 2.53. The van der Waals surface area contributed by atoms with Gasteiger partial charge in [-0.15, -0.1) is 0 Å². The van der Waals surface area contributed by atoms with Crippen molar-refractivity contribution in [1.29, 1.82) is 0 Å². The van der Waals surface area contributed by atoms with Crippen LogP contribution < -0.4 is 4.74 Å². The number of para-hydroxylation sites is 1. The molecule has 0 N–H and O–H groups in total. The first kappa shape index (κ1) is 16.7. The Hall–Kier alpha value is -1.39. The molecule has 4 nitrogen and oxygen atoms in total. The predicted molar refractivity (Wildman–Crippen MR) is 80.5 cm³/mol. The molecule has 0 aliphatic carbocycles. The van der Waals surface area contributed by atoms with Crippen LogP contribution in [0.5, 0.6) is 5.75 Å². The van der Waals surface area contributed by atoms with Crippen LogP contribution in [0.4, 0.5) is 0 Å². The van der Waals surface area contributed by atoms with Crippen LogP contribution in [0.1, 0.15) is 31.1 Å². The molecule has 0 heterocycles. The lowest BCUT2D eigenvalue weighted by molar-refractivity contribution is 0.0619. The number of carbonyl (C=O) groups is 1. The van der Waals surface area contributed by atoms with Gasteiger partial charge in [0, 0.05) is 6.54 Å². The molecule has 0 fully saturated rings. The van der Waals surface area contributed by atoms with Gasteiger partial charge in [0.15, 0.2) is 5.78 Å². The van der Waals surface area contributed by atoms with E-state index in [1.807, 2.05) is 57.0 Å². The van der Waals surface area contributed by atoms with Gasteiger partial charge in [-0.25, -0.2) is 0 Å². The van der Waals surface area contributed by atoms with Crippen LogP contribution >= 0.6 is 0 Å². The maximum atomic E-state index is 12.3. The summed E-state index contributed by atoms with van der Waals surface area (Å²) in [5.41, 5.74) is 0.644. The number of rotatable bonds is 9. The molecule has 0 saturated carbocycles. The van der Waals surface area contributed by atoms with Gasteiger partial charge in [-0.2, -0.15) is 0 Å². The van der Waals surface area contributed by atoms with Crippen molar-refractivity contribution in [1.82, 2.24) is 4.90 Å². The Bertz CT molecular complexity index is 418. The fraction of sp³-hybridized carbons (Fsp3) is 0.562. The first-order valence-electron chi connectivity index (χ1n) is 7.09. The van der Waals surface area contributed by atoms with Crippen LogP contribution in [0.3, 0.4) is 0 Å². The third-order valence-corrected chi connectivity index (χ3v) is 2.83. The van der Waals surface area contributed by atoms with E-state index >= 15 is 0 Å². The molecule has 0 aliphatic heterocycles. The Kier molecular flexibility index (Phi) is 7.26. The average molecular weight is 279 g/mol. The molecule has 0 saturated heterocycles. The fourth-order valence-corrected chi connectivity index (χ4v) is 1.83. The van der Waals surface area contributed by atoms with E-state index in [2.05, 4.69) is 0 Å². The van der Waals surface area contributed by atoms with E-state index in [9.17, 15) is 4.79 Å². The maximum absolute atomic E-state index is 12.3. The Morgan fingerprint density at radius 1 is 1.30 bits per heavy atom. The summed E-state index contributed by atoms with van der Waals surface area (Å²) in [5.74, 6) is 0.730. The standard InChI is InChI=1S/C16H25NO3/c1-5-19-16-9-7-6-8-14(16)15(18)12-17(4)10-11-20-13(2)3/h6-9,13H,5,10-12H2,1-4H3. The highest BCUT2D eigenvalue weighted by atomic mass is 16.5. The number of likely N-dealkylation sites (N-methyl/N-ethyl adjacent to an activating group) is 1. The molecular formula is C16H25NO3. The summed E-state index contributed by atoms with van der Waals surface area (Å²) in [6, 6.07) is 7.38. The first-order valence-corrected chi connectivity index (χ1v) is 7.09. The lowest BCUT2D eigenvalue weighted by Crippen LogP contribution is -2.30. The molecule has 0 bridgehead atoms. The monoisotopic (exact) mass is 279 g/mol. The number of benzene rings is 1. The second-order valence-corrected chi connectivity index (χ2v) is 5.01. The summed E-state index contributed by atoms with van der Waals surface area (Å²) >= 11 is 0. The molecule has 4 heteroatoms. The van der Waals surface area contributed by atoms with E-state index < -0.39 is 0 Å². The zero-order valence-electron chi connectivity index (χ0n) is 12.9. The lowest BCUT2D eigenvalue weighted by atomic mass is 10.1. The van der Waals surface area contributed by atoms with Crippen molar-refractivity contribution >= 4 is 5.78 Å². The van der Waals surface area contributed by atoms with Crippen molar-refractivity contribution < 1.29 is 14.3 Å². The number of hydrogen-bond donors (Lipinski definition) is 0. The summed E-state index contributed by atoms with van der Waals surface area (Å²) in [4.78, 5) is 14.3. The zero-order chi connectivity index (χ0) is 15.0. The molecular weight excluding hydrogens is 254 g/mol. The van der Waals surface area contributed by atoms with E-state index in [-0.39, 0.29) is 11.9 Å². The smallest absolute Gasteiger partial charge is 0.180 e. The lowest BCUT2D eigenvalue weighted by Gasteiger charge is -2.17. The van der Waals surface area contributed by atoms with Crippen LogP contribution in [-0.4, -0.2) is 50.1 Å². The number of hydrogen-bond acceptors (Lipinski definition) is 4.